The number of aliphatic carboxylic acids is 1. The number of fused-ring (bicyclic) bond motifs is 2. The Bertz CT molecular complexity index is 1010. The molecule has 0 spiro atoms. The van der Waals surface area contributed by atoms with Crippen LogP contribution in [0.1, 0.15) is 11.6 Å². The summed E-state index contributed by atoms with van der Waals surface area (Å²) in [6.07, 6.45) is 0. The minimum Gasteiger partial charge on any atom is -0.548 e. The summed E-state index contributed by atoms with van der Waals surface area (Å²) in [4.78, 5) is 15.2. The molecule has 0 aliphatic rings. The number of carboxylic acid groups (broad SMARTS) is 1. The number of para-hydroxylation sites is 2. The topological polar surface area (TPSA) is 66.3 Å². The third-order valence-corrected chi connectivity index (χ3v) is 4.32. The van der Waals surface area contributed by atoms with Crippen molar-refractivity contribution in [3.63, 3.8) is 0 Å². The first kappa shape index (κ1) is 15.1. The summed E-state index contributed by atoms with van der Waals surface area (Å²) in [5, 5.41) is 16.9. The Labute approximate surface area is 144 Å². The second kappa shape index (κ2) is 6.24. The Morgan fingerprint density at radius 1 is 0.800 bits per heavy atom. The number of hydrogen-bond donors (Lipinski definition) is 1. The molecule has 4 heteroatoms. The van der Waals surface area contributed by atoms with Crippen molar-refractivity contribution in [2.75, 3.05) is 5.32 Å². The van der Waals surface area contributed by atoms with Crippen LogP contribution in [-0.4, -0.2) is 5.97 Å². The Balaban J connectivity index is 1.93. The summed E-state index contributed by atoms with van der Waals surface area (Å²) in [7, 11) is 0. The van der Waals surface area contributed by atoms with E-state index in [1.807, 2.05) is 66.7 Å². The van der Waals surface area contributed by atoms with Crippen molar-refractivity contribution in [3.8, 4) is 0 Å². The molecule has 25 heavy (non-hydrogen) atoms. The summed E-state index contributed by atoms with van der Waals surface area (Å²) in [6.45, 7) is 0. The van der Waals surface area contributed by atoms with Crippen molar-refractivity contribution in [3.05, 3.63) is 84.4 Å². The lowest BCUT2D eigenvalue weighted by molar-refractivity contribution is -0.310. The minimum absolute atomic E-state index is 0.656. The van der Waals surface area contributed by atoms with Gasteiger partial charge in [-0.25, -0.2) is 4.98 Å². The fourth-order valence-electron chi connectivity index (χ4n) is 3.13. The molecule has 0 aliphatic carbocycles. The van der Waals surface area contributed by atoms with E-state index in [1.165, 1.54) is 0 Å². The van der Waals surface area contributed by atoms with Crippen molar-refractivity contribution in [2.45, 2.75) is 6.04 Å². The lowest BCUT2D eigenvalue weighted by Gasteiger charge is -2.22. The number of aromatic amines is 1. The van der Waals surface area contributed by atoms with Crippen LogP contribution >= 0.6 is 0 Å². The van der Waals surface area contributed by atoms with Crippen molar-refractivity contribution >= 4 is 33.5 Å². The molecule has 0 saturated heterocycles. The maximum Gasteiger partial charge on any atom is 0.213 e. The number of H-pyrrole nitrogens is 1. The summed E-state index contributed by atoms with van der Waals surface area (Å²) < 4.78 is 0. The van der Waals surface area contributed by atoms with Crippen LogP contribution in [0.5, 0.6) is 0 Å². The van der Waals surface area contributed by atoms with Gasteiger partial charge in [-0.1, -0.05) is 54.6 Å². The third kappa shape index (κ3) is 2.78. The molecule has 1 atom stereocenters. The molecule has 0 aliphatic heterocycles. The predicted molar refractivity (Wildman–Crippen MR) is 95.8 cm³/mol. The van der Waals surface area contributed by atoms with Gasteiger partial charge in [0.25, 0.3) is 0 Å². The van der Waals surface area contributed by atoms with Gasteiger partial charge in [-0.05, 0) is 17.7 Å². The van der Waals surface area contributed by atoms with Crippen LogP contribution in [0.4, 0.5) is 5.69 Å². The number of aromatic nitrogens is 1. The molecule has 3 aromatic carbocycles. The zero-order chi connectivity index (χ0) is 17.2. The average molecular weight is 328 g/mol. The normalized spacial score (nSPS) is 12.2. The lowest BCUT2D eigenvalue weighted by Crippen LogP contribution is -2.34. The van der Waals surface area contributed by atoms with E-state index < -0.39 is 12.0 Å². The van der Waals surface area contributed by atoms with Crippen molar-refractivity contribution in [1.29, 1.82) is 0 Å². The number of nitrogens with one attached hydrogen (secondary N) is 2. The molecule has 4 rings (SSSR count). The highest BCUT2D eigenvalue weighted by molar-refractivity contribution is 6.05. The van der Waals surface area contributed by atoms with E-state index in [9.17, 15) is 9.90 Å². The first-order valence-electron chi connectivity index (χ1n) is 8.09. The van der Waals surface area contributed by atoms with Gasteiger partial charge in [-0.2, -0.15) is 0 Å². The molecule has 4 aromatic rings. The Kier molecular flexibility index (Phi) is 3.78. The molecule has 4 nitrogen and oxygen atoms in total. The van der Waals surface area contributed by atoms with Gasteiger partial charge in [-0.3, -0.25) is 0 Å². The Morgan fingerprint density at radius 3 is 1.88 bits per heavy atom. The first-order chi connectivity index (χ1) is 12.2. The summed E-state index contributed by atoms with van der Waals surface area (Å²) in [5.74, 6) is -1.16. The molecule has 1 aromatic heterocycles. The Hall–Kier alpha value is -3.40. The van der Waals surface area contributed by atoms with E-state index in [1.54, 1.807) is 12.1 Å². The fraction of sp³-hybridized carbons (Fsp3) is 0.0476. The zero-order valence-electron chi connectivity index (χ0n) is 13.4. The maximum absolute atomic E-state index is 11.8. The van der Waals surface area contributed by atoms with Crippen LogP contribution in [0.3, 0.4) is 0 Å². The minimum atomic E-state index is -1.16. The highest BCUT2D eigenvalue weighted by atomic mass is 16.4. The largest absolute Gasteiger partial charge is 0.548 e. The number of hydrogen-bond acceptors (Lipinski definition) is 3. The molecule has 0 amide bonds. The number of anilines is 1. The third-order valence-electron chi connectivity index (χ3n) is 4.32. The highest BCUT2D eigenvalue weighted by Crippen LogP contribution is 2.31. The number of pyridine rings is 1. The van der Waals surface area contributed by atoms with Crippen LogP contribution in [0.25, 0.3) is 21.8 Å². The number of benzene rings is 3. The number of carbonyl (C=O) groups is 1. The van der Waals surface area contributed by atoms with Gasteiger partial charge in [-0.15, -0.1) is 0 Å². The standard InChI is InChI=1S/C21H16N2O2/c24-21(25)19(14-8-2-1-3-9-14)23-20-15-10-4-6-12-17(15)22-18-13-7-5-11-16(18)20/h1-13,19H,(H,22,23)(H,24,25)/t19-/m1/s1. The maximum atomic E-state index is 11.8. The number of carboxylic acids is 1. The Morgan fingerprint density at radius 2 is 1.32 bits per heavy atom. The number of rotatable bonds is 4. The molecule has 0 saturated carbocycles. The van der Waals surface area contributed by atoms with E-state index in [2.05, 4.69) is 10.3 Å². The van der Waals surface area contributed by atoms with E-state index in [-0.39, 0.29) is 0 Å². The molecule has 0 bridgehead atoms. The van der Waals surface area contributed by atoms with E-state index in [0.717, 1.165) is 27.5 Å². The fourth-order valence-corrected chi connectivity index (χ4v) is 3.13. The van der Waals surface area contributed by atoms with Crippen molar-refractivity contribution in [2.24, 2.45) is 0 Å². The molecule has 122 valence electrons. The van der Waals surface area contributed by atoms with Gasteiger partial charge < -0.3 is 15.2 Å². The quantitative estimate of drug-likeness (QED) is 0.586. The van der Waals surface area contributed by atoms with Gasteiger partial charge in [0, 0.05) is 12.1 Å². The molecular weight excluding hydrogens is 312 g/mol. The van der Waals surface area contributed by atoms with E-state index >= 15 is 0 Å². The summed E-state index contributed by atoms with van der Waals surface area (Å²) in [6, 6.07) is 23.8. The first-order valence-corrected chi connectivity index (χ1v) is 8.09. The predicted octanol–water partition coefficient (Wildman–Crippen LogP) is 2.71. The summed E-state index contributed by atoms with van der Waals surface area (Å²) in [5.41, 5.74) is 3.31. The van der Waals surface area contributed by atoms with Crippen LogP contribution in [-0.2, 0) is 4.79 Å². The van der Waals surface area contributed by atoms with Crippen molar-refractivity contribution in [1.82, 2.24) is 0 Å². The molecule has 0 radical (unpaired) electrons. The average Bonchev–Trinajstić information content (AvgIpc) is 2.65. The van der Waals surface area contributed by atoms with Gasteiger partial charge in [0.15, 0.2) is 0 Å². The van der Waals surface area contributed by atoms with E-state index in [4.69, 9.17) is 0 Å². The zero-order valence-corrected chi connectivity index (χ0v) is 13.4. The lowest BCUT2D eigenvalue weighted by atomic mass is 10.0. The molecule has 0 fully saturated rings. The SMILES string of the molecule is O=C([O-])[C@H](Nc1c2ccccc2[nH+]c2ccccc12)c1ccccc1. The monoisotopic (exact) mass is 328 g/mol. The van der Waals surface area contributed by atoms with Gasteiger partial charge in [0.1, 0.15) is 0 Å². The molecule has 2 N–H and O–H groups in total. The van der Waals surface area contributed by atoms with Gasteiger partial charge in [0.2, 0.25) is 11.0 Å². The highest BCUT2D eigenvalue weighted by Gasteiger charge is 2.18. The van der Waals surface area contributed by atoms with E-state index in [0.29, 0.717) is 5.56 Å². The molecule has 0 unspecified atom stereocenters. The summed E-state index contributed by atoms with van der Waals surface area (Å²) >= 11 is 0. The second-order valence-electron chi connectivity index (χ2n) is 5.90. The van der Waals surface area contributed by atoms with Gasteiger partial charge >= 0.3 is 0 Å². The van der Waals surface area contributed by atoms with Gasteiger partial charge in [0.05, 0.1) is 28.5 Å². The van der Waals surface area contributed by atoms with Crippen molar-refractivity contribution < 1.29 is 14.9 Å². The smallest absolute Gasteiger partial charge is 0.213 e. The molecule has 1 heterocycles. The van der Waals surface area contributed by atoms with Crippen LogP contribution < -0.4 is 15.4 Å². The second-order valence-corrected chi connectivity index (χ2v) is 5.90. The number of carbonyl (C=O) groups excluding carboxylic acids is 1. The molecular formula is C21H16N2O2. The van der Waals surface area contributed by atoms with Crippen LogP contribution in [0, 0.1) is 0 Å². The van der Waals surface area contributed by atoms with Crippen LogP contribution in [0.15, 0.2) is 78.9 Å². The van der Waals surface area contributed by atoms with Crippen LogP contribution in [0.2, 0.25) is 0 Å².